The van der Waals surface area contributed by atoms with Crippen molar-refractivity contribution in [3.8, 4) is 0 Å². The Kier molecular flexibility index (Phi) is 5.65. The largest absolute Gasteiger partial charge is 0.350 e. The van der Waals surface area contributed by atoms with Crippen molar-refractivity contribution in [2.75, 3.05) is 11.4 Å². The summed E-state index contributed by atoms with van der Waals surface area (Å²) in [5.74, 6) is 0.349. The molecular formula is C24H26N4O2. The van der Waals surface area contributed by atoms with Gasteiger partial charge in [-0.15, -0.1) is 0 Å². The maximum absolute atomic E-state index is 12.7. The van der Waals surface area contributed by atoms with Crippen LogP contribution in [-0.4, -0.2) is 22.0 Å². The van der Waals surface area contributed by atoms with Crippen LogP contribution in [0.15, 0.2) is 59.4 Å². The van der Waals surface area contributed by atoms with Gasteiger partial charge in [0, 0.05) is 31.4 Å². The summed E-state index contributed by atoms with van der Waals surface area (Å²) in [4.78, 5) is 32.0. The van der Waals surface area contributed by atoms with E-state index in [-0.39, 0.29) is 18.0 Å². The summed E-state index contributed by atoms with van der Waals surface area (Å²) < 4.78 is 1.48. The first-order valence-corrected chi connectivity index (χ1v) is 10.2. The summed E-state index contributed by atoms with van der Waals surface area (Å²) in [6, 6.07) is 17.8. The van der Waals surface area contributed by atoms with Gasteiger partial charge in [-0.05, 0) is 37.0 Å². The van der Waals surface area contributed by atoms with Gasteiger partial charge in [-0.3, -0.25) is 14.2 Å². The third-order valence-corrected chi connectivity index (χ3v) is 5.44. The van der Waals surface area contributed by atoms with Gasteiger partial charge in [0.25, 0.3) is 5.56 Å². The number of nitrogens with one attached hydrogen (secondary N) is 1. The molecule has 2 aromatic carbocycles. The Balaban J connectivity index is 1.52. The van der Waals surface area contributed by atoms with E-state index in [4.69, 9.17) is 0 Å². The minimum absolute atomic E-state index is 0.0501. The zero-order valence-corrected chi connectivity index (χ0v) is 17.4. The van der Waals surface area contributed by atoms with Crippen molar-refractivity contribution < 1.29 is 4.79 Å². The van der Waals surface area contributed by atoms with Crippen molar-refractivity contribution in [2.45, 2.75) is 39.9 Å². The average molecular weight is 402 g/mol. The lowest BCUT2D eigenvalue weighted by Crippen LogP contribution is -2.39. The topological polar surface area (TPSA) is 67.2 Å². The number of fused-ring (bicyclic) bond motifs is 1. The third-order valence-electron chi connectivity index (χ3n) is 5.44. The maximum Gasteiger partial charge on any atom is 0.255 e. The highest BCUT2D eigenvalue weighted by Gasteiger charge is 2.21. The molecule has 0 saturated carbocycles. The first-order chi connectivity index (χ1) is 14.5. The molecule has 3 aromatic rings. The van der Waals surface area contributed by atoms with E-state index in [1.807, 2.05) is 50.2 Å². The lowest BCUT2D eigenvalue weighted by molar-refractivity contribution is -0.121. The van der Waals surface area contributed by atoms with Gasteiger partial charge in [0.05, 0.1) is 0 Å². The van der Waals surface area contributed by atoms with Crippen LogP contribution in [0.1, 0.15) is 27.9 Å². The summed E-state index contributed by atoms with van der Waals surface area (Å²) in [7, 11) is 0. The van der Waals surface area contributed by atoms with Crippen molar-refractivity contribution in [3.05, 3.63) is 92.9 Å². The molecule has 0 saturated heterocycles. The maximum atomic E-state index is 12.7. The molecule has 1 amide bonds. The van der Waals surface area contributed by atoms with Crippen molar-refractivity contribution in [1.82, 2.24) is 14.9 Å². The molecule has 0 aliphatic carbocycles. The minimum Gasteiger partial charge on any atom is -0.350 e. The van der Waals surface area contributed by atoms with E-state index >= 15 is 0 Å². The first-order valence-electron chi connectivity index (χ1n) is 10.2. The second-order valence-electron chi connectivity index (χ2n) is 7.82. The molecule has 1 aromatic heterocycles. The van der Waals surface area contributed by atoms with Gasteiger partial charge >= 0.3 is 0 Å². The zero-order valence-electron chi connectivity index (χ0n) is 17.4. The Morgan fingerprint density at radius 1 is 1.07 bits per heavy atom. The molecule has 4 rings (SSSR count). The molecule has 0 fully saturated rings. The lowest BCUT2D eigenvalue weighted by Gasteiger charge is -2.31. The molecule has 1 aliphatic rings. The predicted molar refractivity (Wildman–Crippen MR) is 117 cm³/mol. The van der Waals surface area contributed by atoms with E-state index in [2.05, 4.69) is 27.3 Å². The molecule has 2 heterocycles. The predicted octanol–water partition coefficient (Wildman–Crippen LogP) is 2.74. The van der Waals surface area contributed by atoms with E-state index in [9.17, 15) is 9.59 Å². The first kappa shape index (κ1) is 19.9. The second kappa shape index (κ2) is 8.53. The fourth-order valence-electron chi connectivity index (χ4n) is 3.77. The van der Waals surface area contributed by atoms with Gasteiger partial charge in [0.2, 0.25) is 11.9 Å². The number of anilines is 1. The Bertz CT molecular complexity index is 1120. The van der Waals surface area contributed by atoms with Crippen LogP contribution in [0.2, 0.25) is 0 Å². The highest BCUT2D eigenvalue weighted by molar-refractivity contribution is 5.76. The number of nitrogens with zero attached hydrogens (tertiary/aromatic N) is 3. The van der Waals surface area contributed by atoms with Crippen molar-refractivity contribution in [1.29, 1.82) is 0 Å². The number of benzene rings is 2. The molecule has 30 heavy (non-hydrogen) atoms. The normalized spacial score (nSPS) is 13.1. The van der Waals surface area contributed by atoms with Crippen LogP contribution in [0, 0.1) is 13.8 Å². The average Bonchev–Trinajstić information content (AvgIpc) is 2.74. The molecule has 0 radical (unpaired) electrons. The SMILES string of the molecule is Cc1ccc(CNC(=O)Cn2c(N3CCc4ccccc4C3)nc(C)cc2=O)cc1. The van der Waals surface area contributed by atoms with Gasteiger partial charge in [0.1, 0.15) is 6.54 Å². The summed E-state index contributed by atoms with van der Waals surface area (Å²) in [5, 5.41) is 2.91. The highest BCUT2D eigenvalue weighted by atomic mass is 16.2. The van der Waals surface area contributed by atoms with E-state index in [0.29, 0.717) is 24.7 Å². The summed E-state index contributed by atoms with van der Waals surface area (Å²) in [5.41, 5.74) is 5.21. The molecule has 1 N–H and O–H groups in total. The monoisotopic (exact) mass is 402 g/mol. The molecule has 6 heteroatoms. The van der Waals surface area contributed by atoms with Gasteiger partial charge < -0.3 is 10.2 Å². The molecule has 0 unspecified atom stereocenters. The summed E-state index contributed by atoms with van der Waals surface area (Å²) in [6.07, 6.45) is 0.888. The Labute approximate surface area is 176 Å². The van der Waals surface area contributed by atoms with Crippen LogP contribution in [0.4, 0.5) is 5.95 Å². The number of aryl methyl sites for hydroxylation is 2. The lowest BCUT2D eigenvalue weighted by atomic mass is 10.0. The Hall–Kier alpha value is -3.41. The summed E-state index contributed by atoms with van der Waals surface area (Å²) >= 11 is 0. The number of hydrogen-bond donors (Lipinski definition) is 1. The van der Waals surface area contributed by atoms with Gasteiger partial charge in [0.15, 0.2) is 0 Å². The second-order valence-corrected chi connectivity index (χ2v) is 7.82. The number of amides is 1. The molecule has 154 valence electrons. The van der Waals surface area contributed by atoms with Gasteiger partial charge in [-0.1, -0.05) is 54.1 Å². The number of rotatable bonds is 5. The minimum atomic E-state index is -0.207. The molecule has 1 aliphatic heterocycles. The standard InChI is InChI=1S/C24H26N4O2/c1-17-7-9-19(10-8-17)14-25-22(29)16-28-23(30)13-18(2)26-24(28)27-12-11-20-5-3-4-6-21(20)15-27/h3-10,13H,11-12,14-16H2,1-2H3,(H,25,29). The van der Waals surface area contributed by atoms with Crippen LogP contribution in [0.25, 0.3) is 0 Å². The smallest absolute Gasteiger partial charge is 0.255 e. The van der Waals surface area contributed by atoms with Crippen molar-refractivity contribution >= 4 is 11.9 Å². The van der Waals surface area contributed by atoms with Crippen molar-refractivity contribution in [2.24, 2.45) is 0 Å². The number of aromatic nitrogens is 2. The van der Waals surface area contributed by atoms with Gasteiger partial charge in [-0.2, -0.15) is 0 Å². The van der Waals surface area contributed by atoms with Crippen LogP contribution in [0.3, 0.4) is 0 Å². The van der Waals surface area contributed by atoms with E-state index < -0.39 is 0 Å². The Morgan fingerprint density at radius 3 is 2.57 bits per heavy atom. The number of carbonyl (C=O) groups is 1. The molecule has 6 nitrogen and oxygen atoms in total. The zero-order chi connectivity index (χ0) is 21.1. The van der Waals surface area contributed by atoms with Crippen LogP contribution in [0.5, 0.6) is 0 Å². The quantitative estimate of drug-likeness (QED) is 0.713. The number of hydrogen-bond acceptors (Lipinski definition) is 4. The Morgan fingerprint density at radius 2 is 1.80 bits per heavy atom. The number of carbonyl (C=O) groups excluding carboxylic acids is 1. The van der Waals surface area contributed by atoms with E-state index in [1.54, 1.807) is 0 Å². The fraction of sp³-hybridized carbons (Fsp3) is 0.292. The van der Waals surface area contributed by atoms with E-state index in [0.717, 1.165) is 18.5 Å². The van der Waals surface area contributed by atoms with Crippen molar-refractivity contribution in [3.63, 3.8) is 0 Å². The summed E-state index contributed by atoms with van der Waals surface area (Å²) in [6.45, 7) is 5.66. The third kappa shape index (κ3) is 4.43. The molecule has 0 bridgehead atoms. The molecular weight excluding hydrogens is 376 g/mol. The van der Waals surface area contributed by atoms with E-state index in [1.165, 1.54) is 27.3 Å². The van der Waals surface area contributed by atoms with Crippen LogP contribution >= 0.6 is 0 Å². The molecule has 0 spiro atoms. The van der Waals surface area contributed by atoms with Crippen LogP contribution < -0.4 is 15.8 Å². The molecule has 0 atom stereocenters. The van der Waals surface area contributed by atoms with Crippen LogP contribution in [-0.2, 0) is 30.8 Å². The highest BCUT2D eigenvalue weighted by Crippen LogP contribution is 2.22. The fourth-order valence-corrected chi connectivity index (χ4v) is 3.77. The van der Waals surface area contributed by atoms with Gasteiger partial charge in [-0.25, -0.2) is 4.98 Å².